The van der Waals surface area contributed by atoms with Gasteiger partial charge in [-0.2, -0.15) is 0 Å². The monoisotopic (exact) mass is 1100 g/mol. The number of hydrogen-bond donors (Lipinski definition) is 11. The van der Waals surface area contributed by atoms with Crippen LogP contribution >= 0.6 is 0 Å². The lowest BCUT2D eigenvalue weighted by atomic mass is 9.82. The molecule has 0 aromatic heterocycles. The van der Waals surface area contributed by atoms with Crippen LogP contribution in [0.1, 0.15) is 98.5 Å². The van der Waals surface area contributed by atoms with Crippen molar-refractivity contribution in [2.24, 2.45) is 17.8 Å². The Morgan fingerprint density at radius 3 is 1.86 bits per heavy atom. The molecule has 19 nitrogen and oxygen atoms in total. The number of hydrogen-bond acceptors (Lipinski definition) is 19. The first kappa shape index (κ1) is 66.1. The number of nitrogens with one attached hydrogen (secondary N) is 1. The largest absolute Gasteiger partial charge is 0.469 e. The van der Waals surface area contributed by atoms with E-state index >= 15 is 0 Å². The van der Waals surface area contributed by atoms with Gasteiger partial charge in [0.1, 0.15) is 18.1 Å². The number of carbonyl (C=O) groups is 2. The molecule has 2 fully saturated rings. The standard InChI is InChI=1S/C59H90N2O17/c1-8-61(9-2)42-26-24-41(25-27-42)36-60-53-55(70)40(6)76-58(56(53)71)77-46-23-21-19-17-15-13-11-10-12-14-16-18-20-22-37(3)54(69)38(4)39(5)75-51(68)32-44(63)30-43(62)28-29-47(65)48(66)31-45(64)34-59(73)35-49(67)52(57(72)74-7)50(33-46)78-59/h10-27,37-40,43-50,52-56,58,60,62-67,69-71,73H,8-9,28-36H2,1-7H3/b11-10+,14-12+,15-13+,18-16+,19-17+,22-20+,23-21+/t37-,38-,39-,40-,43+,44+,45-,46-,47+,48+,49-,50-,52+,53-,54+,55+,56-,58-,59+/m0/s1. The van der Waals surface area contributed by atoms with Crippen LogP contribution in [-0.2, 0) is 39.8 Å². The molecular formula is C59H90N2O17. The van der Waals surface area contributed by atoms with Gasteiger partial charge in [-0.15, -0.1) is 0 Å². The lowest BCUT2D eigenvalue weighted by molar-refractivity contribution is -0.309. The molecule has 3 aliphatic rings. The molecule has 0 aliphatic carbocycles. The molecule has 0 unspecified atom stereocenters. The van der Waals surface area contributed by atoms with Crippen LogP contribution in [0.3, 0.4) is 0 Å². The van der Waals surface area contributed by atoms with E-state index in [1.54, 1.807) is 63.3 Å². The number of allylic oxidation sites excluding steroid dienone is 12. The SMILES string of the molecule is CCN(CC)c1ccc(CN[C@@H]2[C@H](O)[C@H](O[C@H]3/C=C/C=C/C=C/C=C/C=C/C=C/C=C/[C@H](C)[C@@H](O)[C@@H](C)[C@H](C)OC(=O)C[C@H](O)C[C@H](O)CC[C@@H](O)[C@H](O)C[C@H](O)C[C@]4(O)C[C@H](O)[C@@H](C(=O)OC)[C@H](C3)O4)O[C@@H](C)[C@H]2O)cc1. The Morgan fingerprint density at radius 1 is 0.679 bits per heavy atom. The minimum absolute atomic E-state index is 0.0978. The Bertz CT molecular complexity index is 2150. The molecule has 0 spiro atoms. The zero-order chi connectivity index (χ0) is 57.5. The highest BCUT2D eigenvalue weighted by atomic mass is 16.7. The number of methoxy groups -OCH3 is 1. The lowest BCUT2D eigenvalue weighted by Crippen LogP contribution is -2.63. The van der Waals surface area contributed by atoms with Crippen molar-refractivity contribution in [2.45, 2.75) is 197 Å². The van der Waals surface area contributed by atoms with Crippen LogP contribution in [0.5, 0.6) is 0 Å². The maximum absolute atomic E-state index is 13.3. The molecule has 19 atom stereocenters. The lowest BCUT2D eigenvalue weighted by Gasteiger charge is -2.46. The first-order valence-electron chi connectivity index (χ1n) is 27.5. The Labute approximate surface area is 460 Å². The van der Waals surface area contributed by atoms with Gasteiger partial charge in [0.2, 0.25) is 0 Å². The zero-order valence-electron chi connectivity index (χ0n) is 46.3. The fourth-order valence-electron chi connectivity index (χ4n) is 9.95. The Kier molecular flexibility index (Phi) is 28.3. The second-order valence-corrected chi connectivity index (χ2v) is 20.9. The number of rotatable bonds is 9. The minimum Gasteiger partial charge on any atom is -0.469 e. The van der Waals surface area contributed by atoms with E-state index in [1.807, 2.05) is 73.7 Å². The molecule has 2 bridgehead atoms. The molecule has 438 valence electrons. The molecule has 1 aromatic carbocycles. The van der Waals surface area contributed by atoms with Crippen molar-refractivity contribution in [2.75, 3.05) is 25.1 Å². The molecule has 3 heterocycles. The van der Waals surface area contributed by atoms with Gasteiger partial charge in [-0.3, -0.25) is 9.59 Å². The highest BCUT2D eigenvalue weighted by Crippen LogP contribution is 2.39. The molecule has 0 amide bonds. The van der Waals surface area contributed by atoms with Gasteiger partial charge in [0.05, 0.1) is 86.7 Å². The summed E-state index contributed by atoms with van der Waals surface area (Å²) in [6.07, 6.45) is 4.79. The van der Waals surface area contributed by atoms with E-state index in [9.17, 15) is 60.7 Å². The fraction of sp³-hybridized carbons (Fsp3) is 0.627. The van der Waals surface area contributed by atoms with Gasteiger partial charge >= 0.3 is 11.9 Å². The van der Waals surface area contributed by atoms with E-state index in [-0.39, 0.29) is 31.6 Å². The average molecular weight is 1100 g/mol. The van der Waals surface area contributed by atoms with Gasteiger partial charge in [0.25, 0.3) is 0 Å². The van der Waals surface area contributed by atoms with Crippen molar-refractivity contribution < 1.29 is 84.3 Å². The number of ether oxygens (including phenoxy) is 5. The predicted octanol–water partition coefficient (Wildman–Crippen LogP) is 3.48. The summed E-state index contributed by atoms with van der Waals surface area (Å²) >= 11 is 0. The van der Waals surface area contributed by atoms with E-state index in [0.717, 1.165) is 31.5 Å². The van der Waals surface area contributed by atoms with Crippen LogP contribution in [0, 0.1) is 17.8 Å². The number of carbonyl (C=O) groups excluding carboxylic acids is 2. The quantitative estimate of drug-likeness (QED) is 0.158. The molecule has 3 aliphatic heterocycles. The normalized spacial score (nSPS) is 39.8. The van der Waals surface area contributed by atoms with Gasteiger partial charge in [0.15, 0.2) is 12.1 Å². The summed E-state index contributed by atoms with van der Waals surface area (Å²) in [7, 11) is 1.14. The number of esters is 2. The third-order valence-electron chi connectivity index (χ3n) is 14.8. The van der Waals surface area contributed by atoms with E-state index in [4.69, 9.17) is 23.7 Å². The van der Waals surface area contributed by atoms with Crippen molar-refractivity contribution in [3.05, 3.63) is 115 Å². The molecule has 11 N–H and O–H groups in total. The smallest absolute Gasteiger partial charge is 0.313 e. The van der Waals surface area contributed by atoms with Crippen LogP contribution < -0.4 is 10.2 Å². The van der Waals surface area contributed by atoms with E-state index in [1.165, 1.54) is 0 Å². The van der Waals surface area contributed by atoms with E-state index < -0.39 is 147 Å². The van der Waals surface area contributed by atoms with Crippen molar-refractivity contribution in [3.8, 4) is 0 Å². The highest BCUT2D eigenvalue weighted by Gasteiger charge is 2.51. The van der Waals surface area contributed by atoms with Gasteiger partial charge < -0.3 is 85.0 Å². The van der Waals surface area contributed by atoms with Crippen LogP contribution in [0.15, 0.2) is 109 Å². The maximum atomic E-state index is 13.3. The Hall–Kier alpha value is -4.42. The number of aliphatic hydroxyl groups is 10. The van der Waals surface area contributed by atoms with Crippen molar-refractivity contribution in [1.29, 1.82) is 0 Å². The molecule has 4 rings (SSSR count). The van der Waals surface area contributed by atoms with Gasteiger partial charge in [-0.1, -0.05) is 111 Å². The molecule has 1 aromatic rings. The van der Waals surface area contributed by atoms with E-state index in [0.29, 0.717) is 6.54 Å². The number of cyclic esters (lactones) is 1. The van der Waals surface area contributed by atoms with Gasteiger partial charge in [0, 0.05) is 62.8 Å². The average Bonchev–Trinajstić information content (AvgIpc) is 3.44. The molecule has 19 heteroatoms. The summed E-state index contributed by atoms with van der Waals surface area (Å²) in [6.45, 7) is 13.0. The fourth-order valence-corrected chi connectivity index (χ4v) is 9.95. The minimum atomic E-state index is -2.29. The third-order valence-corrected chi connectivity index (χ3v) is 14.8. The molecule has 0 radical (unpaired) electrons. The summed E-state index contributed by atoms with van der Waals surface area (Å²) in [4.78, 5) is 28.3. The Morgan fingerprint density at radius 2 is 1.27 bits per heavy atom. The number of benzene rings is 1. The highest BCUT2D eigenvalue weighted by molar-refractivity contribution is 5.74. The maximum Gasteiger partial charge on any atom is 0.313 e. The molecule has 0 saturated carbocycles. The van der Waals surface area contributed by atoms with E-state index in [2.05, 4.69) is 24.1 Å². The molecule has 78 heavy (non-hydrogen) atoms. The summed E-state index contributed by atoms with van der Waals surface area (Å²) in [5.41, 5.74) is 1.98. The molecule has 2 saturated heterocycles. The van der Waals surface area contributed by atoms with Crippen LogP contribution in [0.4, 0.5) is 5.69 Å². The van der Waals surface area contributed by atoms with Gasteiger partial charge in [-0.25, -0.2) is 0 Å². The topological polar surface area (TPSA) is 298 Å². The van der Waals surface area contributed by atoms with Crippen LogP contribution in [0.25, 0.3) is 0 Å². The van der Waals surface area contributed by atoms with Crippen molar-refractivity contribution in [1.82, 2.24) is 5.32 Å². The van der Waals surface area contributed by atoms with Crippen LogP contribution in [0.2, 0.25) is 0 Å². The first-order chi connectivity index (χ1) is 37.1. The first-order valence-corrected chi connectivity index (χ1v) is 27.5. The molecular weight excluding hydrogens is 1010 g/mol. The summed E-state index contributed by atoms with van der Waals surface area (Å²) < 4.78 is 29.3. The zero-order valence-corrected chi connectivity index (χ0v) is 46.3. The second-order valence-electron chi connectivity index (χ2n) is 20.9. The number of nitrogens with zero attached hydrogens (tertiary/aromatic N) is 1. The van der Waals surface area contributed by atoms with Gasteiger partial charge in [-0.05, 0) is 64.7 Å². The second kappa shape index (κ2) is 33.4. The number of aliphatic hydroxyl groups excluding tert-OH is 9. The summed E-state index contributed by atoms with van der Waals surface area (Å²) in [5.74, 6) is -5.97. The van der Waals surface area contributed by atoms with Crippen molar-refractivity contribution >= 4 is 17.6 Å². The number of anilines is 1. The summed E-state index contributed by atoms with van der Waals surface area (Å²) in [5, 5.41) is 115. The van der Waals surface area contributed by atoms with Crippen LogP contribution in [-0.4, -0.2) is 181 Å². The third kappa shape index (κ3) is 21.2. The van der Waals surface area contributed by atoms with Crippen molar-refractivity contribution in [3.63, 3.8) is 0 Å². The Balaban J connectivity index is 1.60. The number of fused-ring (bicyclic) bond motifs is 2. The predicted molar refractivity (Wildman–Crippen MR) is 294 cm³/mol. The summed E-state index contributed by atoms with van der Waals surface area (Å²) in [6, 6.07) is 7.05.